The summed E-state index contributed by atoms with van der Waals surface area (Å²) >= 11 is 0. The summed E-state index contributed by atoms with van der Waals surface area (Å²) in [6.07, 6.45) is 1.85. The van der Waals surface area contributed by atoms with Gasteiger partial charge in [-0.25, -0.2) is 0 Å². The largest absolute Gasteiger partial charge is 0.469 e. The van der Waals surface area contributed by atoms with Crippen molar-refractivity contribution in [3.63, 3.8) is 0 Å². The van der Waals surface area contributed by atoms with Gasteiger partial charge in [-0.1, -0.05) is 20.8 Å². The molecular formula is C9H18O3. The molecule has 0 unspecified atom stereocenters. The third-order valence-corrected chi connectivity index (χ3v) is 1.31. The van der Waals surface area contributed by atoms with Gasteiger partial charge < -0.3 is 4.74 Å². The fourth-order valence-electron chi connectivity index (χ4n) is 0.394. The van der Waals surface area contributed by atoms with Crippen molar-refractivity contribution in [2.45, 2.75) is 40.0 Å². The SMILES string of the molecule is CCC(=O)CC.CCC(=O)OC. The molecule has 0 saturated carbocycles. The first-order valence-corrected chi connectivity index (χ1v) is 4.20. The molecular weight excluding hydrogens is 156 g/mol. The highest BCUT2D eigenvalue weighted by Gasteiger charge is 1.87. The molecule has 3 nitrogen and oxygen atoms in total. The Morgan fingerprint density at radius 1 is 1.00 bits per heavy atom. The Kier molecular flexibility index (Phi) is 11.6. The lowest BCUT2D eigenvalue weighted by Crippen LogP contribution is -1.94. The van der Waals surface area contributed by atoms with Crippen molar-refractivity contribution in [2.24, 2.45) is 0 Å². The zero-order valence-corrected chi connectivity index (χ0v) is 8.35. The zero-order chi connectivity index (χ0) is 9.98. The van der Waals surface area contributed by atoms with Crippen LogP contribution in [0.1, 0.15) is 40.0 Å². The van der Waals surface area contributed by atoms with Gasteiger partial charge >= 0.3 is 5.97 Å². The fourth-order valence-corrected chi connectivity index (χ4v) is 0.394. The topological polar surface area (TPSA) is 43.4 Å². The quantitative estimate of drug-likeness (QED) is 0.614. The van der Waals surface area contributed by atoms with Crippen molar-refractivity contribution < 1.29 is 14.3 Å². The first-order valence-electron chi connectivity index (χ1n) is 4.20. The number of methoxy groups -OCH3 is 1. The van der Waals surface area contributed by atoms with Crippen LogP contribution in [0.3, 0.4) is 0 Å². The summed E-state index contributed by atoms with van der Waals surface area (Å²) in [6.45, 7) is 5.52. The van der Waals surface area contributed by atoms with Crippen LogP contribution >= 0.6 is 0 Å². The van der Waals surface area contributed by atoms with E-state index in [2.05, 4.69) is 4.74 Å². The maximum Gasteiger partial charge on any atom is 0.305 e. The lowest BCUT2D eigenvalue weighted by Gasteiger charge is -1.87. The zero-order valence-electron chi connectivity index (χ0n) is 8.35. The second-order valence-corrected chi connectivity index (χ2v) is 2.18. The number of hydrogen-bond acceptors (Lipinski definition) is 3. The molecule has 0 aromatic heterocycles. The van der Waals surface area contributed by atoms with Gasteiger partial charge in [0.25, 0.3) is 0 Å². The van der Waals surface area contributed by atoms with E-state index in [0.717, 1.165) is 0 Å². The van der Waals surface area contributed by atoms with Gasteiger partial charge in [0, 0.05) is 19.3 Å². The Morgan fingerprint density at radius 2 is 1.42 bits per heavy atom. The number of carbonyl (C=O) groups excluding carboxylic acids is 2. The van der Waals surface area contributed by atoms with Gasteiger partial charge in [-0.05, 0) is 0 Å². The van der Waals surface area contributed by atoms with Crippen LogP contribution in [0.2, 0.25) is 0 Å². The molecule has 3 heteroatoms. The minimum absolute atomic E-state index is 0.157. The van der Waals surface area contributed by atoms with E-state index in [4.69, 9.17) is 0 Å². The minimum atomic E-state index is -0.157. The number of hydrogen-bond donors (Lipinski definition) is 0. The summed E-state index contributed by atoms with van der Waals surface area (Å²) in [5, 5.41) is 0. The summed E-state index contributed by atoms with van der Waals surface area (Å²) in [5.74, 6) is 0.185. The average Bonchev–Trinajstić information content (AvgIpc) is 2.16. The lowest BCUT2D eigenvalue weighted by atomic mass is 10.3. The molecule has 0 atom stereocenters. The molecule has 0 aliphatic heterocycles. The third-order valence-electron chi connectivity index (χ3n) is 1.31. The maximum absolute atomic E-state index is 10.2. The Labute approximate surface area is 74.1 Å². The van der Waals surface area contributed by atoms with E-state index in [1.165, 1.54) is 7.11 Å². The predicted octanol–water partition coefficient (Wildman–Crippen LogP) is 1.94. The molecule has 0 radical (unpaired) electrons. The maximum atomic E-state index is 10.2. The first-order chi connectivity index (χ1) is 5.62. The van der Waals surface area contributed by atoms with Gasteiger partial charge in [0.05, 0.1) is 7.11 Å². The first kappa shape index (κ1) is 13.7. The fraction of sp³-hybridized carbons (Fsp3) is 0.778. The van der Waals surface area contributed by atoms with E-state index >= 15 is 0 Å². The molecule has 0 fully saturated rings. The van der Waals surface area contributed by atoms with Crippen LogP contribution in [-0.2, 0) is 14.3 Å². The van der Waals surface area contributed by atoms with E-state index in [0.29, 0.717) is 25.0 Å². The van der Waals surface area contributed by atoms with Crippen LogP contribution in [0, 0.1) is 0 Å². The van der Waals surface area contributed by atoms with Gasteiger partial charge in [-0.2, -0.15) is 0 Å². The molecule has 0 aliphatic rings. The van der Waals surface area contributed by atoms with Gasteiger partial charge in [0.1, 0.15) is 5.78 Å². The van der Waals surface area contributed by atoms with Gasteiger partial charge in [0.15, 0.2) is 0 Å². The second kappa shape index (κ2) is 10.1. The number of ether oxygens (including phenoxy) is 1. The molecule has 0 aromatic rings. The molecule has 0 N–H and O–H groups in total. The molecule has 72 valence electrons. The lowest BCUT2D eigenvalue weighted by molar-refractivity contribution is -0.140. The second-order valence-electron chi connectivity index (χ2n) is 2.18. The van der Waals surface area contributed by atoms with E-state index in [9.17, 15) is 9.59 Å². The Bertz CT molecular complexity index is 102. The standard InChI is InChI=1S/C5H10O.C4H8O2/c1-3-5(6)4-2;1-3-4(5)6-2/h3-4H2,1-2H3;3H2,1-2H3. The predicted molar refractivity (Wildman–Crippen MR) is 47.9 cm³/mol. The van der Waals surface area contributed by atoms with E-state index < -0.39 is 0 Å². The van der Waals surface area contributed by atoms with Gasteiger partial charge in [0.2, 0.25) is 0 Å². The van der Waals surface area contributed by atoms with Crippen LogP contribution in [0.4, 0.5) is 0 Å². The van der Waals surface area contributed by atoms with Crippen LogP contribution in [-0.4, -0.2) is 18.9 Å². The van der Waals surface area contributed by atoms with E-state index in [1.807, 2.05) is 13.8 Å². The molecule has 0 rings (SSSR count). The van der Waals surface area contributed by atoms with Crippen molar-refractivity contribution in [1.82, 2.24) is 0 Å². The summed E-state index contributed by atoms with van der Waals surface area (Å²) in [4.78, 5) is 20.1. The molecule has 12 heavy (non-hydrogen) atoms. The summed E-state index contributed by atoms with van der Waals surface area (Å²) < 4.78 is 4.26. The highest BCUT2D eigenvalue weighted by Crippen LogP contribution is 1.83. The van der Waals surface area contributed by atoms with Crippen molar-refractivity contribution in [1.29, 1.82) is 0 Å². The molecule has 0 spiro atoms. The highest BCUT2D eigenvalue weighted by atomic mass is 16.5. The average molecular weight is 174 g/mol. The number of Topliss-reactive ketones (excluding diaryl/α,β-unsaturated/α-hetero) is 1. The Balaban J connectivity index is 0. The molecule has 0 heterocycles. The van der Waals surface area contributed by atoms with E-state index in [-0.39, 0.29) is 5.97 Å². The Morgan fingerprint density at radius 3 is 1.42 bits per heavy atom. The third kappa shape index (κ3) is 11.9. The summed E-state index contributed by atoms with van der Waals surface area (Å²) in [6, 6.07) is 0. The minimum Gasteiger partial charge on any atom is -0.469 e. The van der Waals surface area contributed by atoms with Crippen molar-refractivity contribution in [3.05, 3.63) is 0 Å². The molecule has 0 saturated heterocycles. The number of carbonyl (C=O) groups is 2. The monoisotopic (exact) mass is 174 g/mol. The Hall–Kier alpha value is -0.860. The van der Waals surface area contributed by atoms with Gasteiger partial charge in [-0.15, -0.1) is 0 Å². The van der Waals surface area contributed by atoms with Crippen LogP contribution in [0.15, 0.2) is 0 Å². The summed E-state index contributed by atoms with van der Waals surface area (Å²) in [7, 11) is 1.38. The van der Waals surface area contributed by atoms with Crippen LogP contribution in [0.25, 0.3) is 0 Å². The van der Waals surface area contributed by atoms with Crippen LogP contribution < -0.4 is 0 Å². The highest BCUT2D eigenvalue weighted by molar-refractivity contribution is 5.77. The van der Waals surface area contributed by atoms with E-state index in [1.54, 1.807) is 6.92 Å². The normalized spacial score (nSPS) is 8.00. The molecule has 0 aromatic carbocycles. The number of esters is 1. The van der Waals surface area contributed by atoms with Crippen molar-refractivity contribution >= 4 is 11.8 Å². The molecule has 0 amide bonds. The van der Waals surface area contributed by atoms with Crippen LogP contribution in [0.5, 0.6) is 0 Å². The summed E-state index contributed by atoms with van der Waals surface area (Å²) in [5.41, 5.74) is 0. The molecule has 0 bridgehead atoms. The smallest absolute Gasteiger partial charge is 0.305 e. The number of ketones is 1. The van der Waals surface area contributed by atoms with Gasteiger partial charge in [-0.3, -0.25) is 9.59 Å². The van der Waals surface area contributed by atoms with Crippen molar-refractivity contribution in [2.75, 3.05) is 7.11 Å². The molecule has 0 aliphatic carbocycles. The van der Waals surface area contributed by atoms with Crippen molar-refractivity contribution in [3.8, 4) is 0 Å². The number of rotatable bonds is 3.